The fraction of sp³-hybridized carbons (Fsp3) is 0.286. The predicted octanol–water partition coefficient (Wildman–Crippen LogP) is 2.84. The summed E-state index contributed by atoms with van der Waals surface area (Å²) in [5.41, 5.74) is 1.02. The fourth-order valence-corrected chi connectivity index (χ4v) is 2.07. The molecule has 1 unspecified atom stereocenters. The maximum atomic E-state index is 6.05. The van der Waals surface area contributed by atoms with Gasteiger partial charge in [0.25, 0.3) is 0 Å². The lowest BCUT2D eigenvalue weighted by atomic mass is 10.1. The topological polar surface area (TPSA) is 47.0 Å². The highest BCUT2D eigenvalue weighted by atomic mass is 35.5. The van der Waals surface area contributed by atoms with Gasteiger partial charge in [0.2, 0.25) is 0 Å². The van der Waals surface area contributed by atoms with Crippen molar-refractivity contribution in [1.82, 2.24) is 15.3 Å². The molecule has 0 radical (unpaired) electrons. The average Bonchev–Trinajstić information content (AvgIpc) is 2.46. The van der Waals surface area contributed by atoms with Crippen molar-refractivity contribution in [3.8, 4) is 5.75 Å². The van der Waals surface area contributed by atoms with Gasteiger partial charge in [-0.15, -0.1) is 0 Å². The second-order valence-corrected chi connectivity index (χ2v) is 4.40. The van der Waals surface area contributed by atoms with Crippen LogP contribution in [0.5, 0.6) is 5.75 Å². The third-order valence-corrected chi connectivity index (χ3v) is 3.07. The molecule has 0 saturated carbocycles. The van der Waals surface area contributed by atoms with Gasteiger partial charge in [-0.2, -0.15) is 0 Å². The normalized spacial score (nSPS) is 12.2. The van der Waals surface area contributed by atoms with Crippen molar-refractivity contribution in [2.45, 2.75) is 13.0 Å². The highest BCUT2D eigenvalue weighted by molar-refractivity contribution is 6.32. The van der Waals surface area contributed by atoms with E-state index >= 15 is 0 Å². The van der Waals surface area contributed by atoms with Gasteiger partial charge in [-0.1, -0.05) is 24.6 Å². The Labute approximate surface area is 117 Å². The van der Waals surface area contributed by atoms with E-state index in [0.29, 0.717) is 10.8 Å². The van der Waals surface area contributed by atoms with Gasteiger partial charge in [0.05, 0.1) is 18.2 Å². The summed E-state index contributed by atoms with van der Waals surface area (Å²) in [4.78, 5) is 8.61. The van der Waals surface area contributed by atoms with Crippen molar-refractivity contribution in [2.24, 2.45) is 0 Å². The first kappa shape index (κ1) is 13.8. The van der Waals surface area contributed by atoms with Crippen molar-refractivity contribution in [1.29, 1.82) is 0 Å². The van der Waals surface area contributed by atoms with Crippen LogP contribution >= 0.6 is 11.6 Å². The molecule has 0 saturated heterocycles. The largest absolute Gasteiger partial charge is 0.495 e. The summed E-state index contributed by atoms with van der Waals surface area (Å²) in [6.07, 6.45) is 3.47. The van der Waals surface area contributed by atoms with Crippen molar-refractivity contribution in [3.05, 3.63) is 53.1 Å². The van der Waals surface area contributed by atoms with Crippen LogP contribution in [-0.4, -0.2) is 23.6 Å². The zero-order valence-corrected chi connectivity index (χ0v) is 11.7. The molecule has 0 amide bonds. The molecule has 1 N–H and O–H groups in total. The van der Waals surface area contributed by atoms with Crippen LogP contribution in [0, 0.1) is 0 Å². The fourth-order valence-electron chi connectivity index (χ4n) is 1.88. The molecular formula is C14H16ClN3O. The Morgan fingerprint density at radius 3 is 2.68 bits per heavy atom. The van der Waals surface area contributed by atoms with Crippen molar-refractivity contribution >= 4 is 11.6 Å². The minimum Gasteiger partial charge on any atom is -0.495 e. The number of rotatable bonds is 5. The molecule has 0 fully saturated rings. The summed E-state index contributed by atoms with van der Waals surface area (Å²) < 4.78 is 5.25. The Bertz CT molecular complexity index is 533. The molecule has 1 aromatic carbocycles. The lowest BCUT2D eigenvalue weighted by Crippen LogP contribution is -2.23. The highest BCUT2D eigenvalue weighted by Gasteiger charge is 2.17. The van der Waals surface area contributed by atoms with Crippen molar-refractivity contribution < 1.29 is 4.74 Å². The monoisotopic (exact) mass is 277 g/mol. The summed E-state index contributed by atoms with van der Waals surface area (Å²) in [7, 11) is 1.60. The van der Waals surface area contributed by atoms with Gasteiger partial charge in [-0.3, -0.25) is 0 Å². The number of hydrogen-bond acceptors (Lipinski definition) is 4. The number of benzene rings is 1. The third kappa shape index (κ3) is 3.22. The standard InChI is InChI=1S/C14H16ClN3O/c1-3-16-13(14-17-7-4-8-18-14)10-5-6-11(15)12(9-10)19-2/h4-9,13,16H,3H2,1-2H3. The molecule has 1 aromatic heterocycles. The van der Waals surface area contributed by atoms with Crippen LogP contribution in [-0.2, 0) is 0 Å². The van der Waals surface area contributed by atoms with E-state index in [0.717, 1.165) is 17.9 Å². The van der Waals surface area contributed by atoms with Gasteiger partial charge in [-0.25, -0.2) is 9.97 Å². The highest BCUT2D eigenvalue weighted by Crippen LogP contribution is 2.29. The van der Waals surface area contributed by atoms with Gasteiger partial charge < -0.3 is 10.1 Å². The summed E-state index contributed by atoms with van der Waals surface area (Å²) >= 11 is 6.05. The lowest BCUT2D eigenvalue weighted by molar-refractivity contribution is 0.413. The SMILES string of the molecule is CCNC(c1ccc(Cl)c(OC)c1)c1ncccn1. The quantitative estimate of drug-likeness (QED) is 0.913. The summed E-state index contributed by atoms with van der Waals surface area (Å²) in [6, 6.07) is 7.41. The number of nitrogens with zero attached hydrogens (tertiary/aromatic N) is 2. The lowest BCUT2D eigenvalue weighted by Gasteiger charge is -2.17. The van der Waals surface area contributed by atoms with E-state index < -0.39 is 0 Å². The molecule has 2 aromatic rings. The number of halogens is 1. The van der Waals surface area contributed by atoms with E-state index in [9.17, 15) is 0 Å². The summed E-state index contributed by atoms with van der Waals surface area (Å²) in [5.74, 6) is 1.38. The molecule has 0 aliphatic rings. The Hall–Kier alpha value is -1.65. The van der Waals surface area contributed by atoms with Gasteiger partial charge in [0.1, 0.15) is 11.6 Å². The number of hydrogen-bond donors (Lipinski definition) is 1. The first-order valence-corrected chi connectivity index (χ1v) is 6.47. The molecule has 2 rings (SSSR count). The Morgan fingerprint density at radius 2 is 2.05 bits per heavy atom. The van der Waals surface area contributed by atoms with Gasteiger partial charge >= 0.3 is 0 Å². The molecular weight excluding hydrogens is 262 g/mol. The zero-order valence-electron chi connectivity index (χ0n) is 10.9. The van der Waals surface area contributed by atoms with E-state index in [-0.39, 0.29) is 6.04 Å². The number of aromatic nitrogens is 2. The second-order valence-electron chi connectivity index (χ2n) is 3.99. The molecule has 1 atom stereocenters. The van der Waals surface area contributed by atoms with Gasteiger partial charge in [0.15, 0.2) is 0 Å². The maximum Gasteiger partial charge on any atom is 0.149 e. The number of ether oxygens (including phenoxy) is 1. The maximum absolute atomic E-state index is 6.05. The van der Waals surface area contributed by atoms with E-state index in [1.165, 1.54) is 0 Å². The predicted molar refractivity (Wildman–Crippen MR) is 75.6 cm³/mol. The minimum atomic E-state index is -0.0719. The van der Waals surface area contributed by atoms with Gasteiger partial charge in [0, 0.05) is 12.4 Å². The average molecular weight is 278 g/mol. The van der Waals surface area contributed by atoms with E-state index in [4.69, 9.17) is 16.3 Å². The number of methoxy groups -OCH3 is 1. The molecule has 0 spiro atoms. The van der Waals surface area contributed by atoms with E-state index in [1.54, 1.807) is 25.6 Å². The molecule has 5 heteroatoms. The second kappa shape index (κ2) is 6.50. The summed E-state index contributed by atoms with van der Waals surface area (Å²) in [5, 5.41) is 3.96. The van der Waals surface area contributed by atoms with Crippen LogP contribution < -0.4 is 10.1 Å². The molecule has 4 nitrogen and oxygen atoms in total. The van der Waals surface area contributed by atoms with Crippen LogP contribution in [0.1, 0.15) is 24.4 Å². The smallest absolute Gasteiger partial charge is 0.149 e. The van der Waals surface area contributed by atoms with Crippen LogP contribution in [0.4, 0.5) is 0 Å². The number of nitrogens with one attached hydrogen (secondary N) is 1. The first-order valence-electron chi connectivity index (χ1n) is 6.10. The van der Waals surface area contributed by atoms with Crippen LogP contribution in [0.2, 0.25) is 5.02 Å². The Morgan fingerprint density at radius 1 is 1.32 bits per heavy atom. The first-order chi connectivity index (χ1) is 9.26. The van der Waals surface area contributed by atoms with Crippen LogP contribution in [0.25, 0.3) is 0 Å². The van der Waals surface area contributed by atoms with Crippen LogP contribution in [0.15, 0.2) is 36.7 Å². The van der Waals surface area contributed by atoms with Crippen molar-refractivity contribution in [2.75, 3.05) is 13.7 Å². The summed E-state index contributed by atoms with van der Waals surface area (Å²) in [6.45, 7) is 2.86. The molecule has 1 heterocycles. The Kier molecular flexibility index (Phi) is 4.71. The molecule has 100 valence electrons. The Balaban J connectivity index is 2.39. The van der Waals surface area contributed by atoms with E-state index in [2.05, 4.69) is 15.3 Å². The molecule has 0 aliphatic carbocycles. The zero-order chi connectivity index (χ0) is 13.7. The van der Waals surface area contributed by atoms with Gasteiger partial charge in [-0.05, 0) is 30.3 Å². The minimum absolute atomic E-state index is 0.0719. The molecule has 0 bridgehead atoms. The van der Waals surface area contributed by atoms with Crippen LogP contribution in [0.3, 0.4) is 0 Å². The van der Waals surface area contributed by atoms with Crippen molar-refractivity contribution in [3.63, 3.8) is 0 Å². The molecule has 19 heavy (non-hydrogen) atoms. The van der Waals surface area contributed by atoms with E-state index in [1.807, 2.05) is 25.1 Å². The molecule has 0 aliphatic heterocycles. The third-order valence-electron chi connectivity index (χ3n) is 2.76.